The summed E-state index contributed by atoms with van der Waals surface area (Å²) in [6.07, 6.45) is 1.31. The number of likely N-dealkylation sites (N-methyl/N-ethyl adjacent to an activating group) is 1. The van der Waals surface area contributed by atoms with Gasteiger partial charge in [0.05, 0.1) is 0 Å². The number of nitrogens with zero attached hydrogens (tertiary/aromatic N) is 4. The maximum absolute atomic E-state index is 10.9. The molecule has 3 aromatic rings. The summed E-state index contributed by atoms with van der Waals surface area (Å²) < 4.78 is 5.22. The molecule has 7 nitrogen and oxygen atoms in total. The highest BCUT2D eigenvalue weighted by Crippen LogP contribution is 2.33. The quantitative estimate of drug-likeness (QED) is 0.789. The van der Waals surface area contributed by atoms with Gasteiger partial charge in [0.2, 0.25) is 0 Å². The normalized spacial score (nSPS) is 10.8. The molecule has 0 saturated heterocycles. The van der Waals surface area contributed by atoms with E-state index < -0.39 is 5.97 Å². The monoisotopic (exact) mass is 318 g/mol. The van der Waals surface area contributed by atoms with Gasteiger partial charge in [0.1, 0.15) is 29.8 Å². The minimum absolute atomic E-state index is 0.202. The van der Waals surface area contributed by atoms with Crippen molar-refractivity contribution in [1.82, 2.24) is 15.1 Å². The molecule has 0 aliphatic heterocycles. The number of hydrogen-bond acceptors (Lipinski definition) is 6. The first-order chi connectivity index (χ1) is 10.6. The summed E-state index contributed by atoms with van der Waals surface area (Å²) >= 11 is 6.01. The van der Waals surface area contributed by atoms with Crippen LogP contribution in [0.25, 0.3) is 22.4 Å². The van der Waals surface area contributed by atoms with E-state index in [9.17, 15) is 4.79 Å². The molecule has 0 atom stereocenters. The number of hydrogen-bond donors (Lipinski definition) is 1. The van der Waals surface area contributed by atoms with Crippen LogP contribution >= 0.6 is 11.6 Å². The number of fused-ring (bicyclic) bond motifs is 1. The molecule has 22 heavy (non-hydrogen) atoms. The average Bonchev–Trinajstić information content (AvgIpc) is 2.90. The lowest BCUT2D eigenvalue weighted by Gasteiger charge is -2.15. The first-order valence-corrected chi connectivity index (χ1v) is 6.73. The maximum atomic E-state index is 10.9. The van der Waals surface area contributed by atoms with Crippen LogP contribution in [-0.2, 0) is 4.79 Å². The van der Waals surface area contributed by atoms with Crippen molar-refractivity contribution in [2.45, 2.75) is 0 Å². The van der Waals surface area contributed by atoms with Crippen molar-refractivity contribution in [2.75, 3.05) is 18.5 Å². The zero-order valence-electron chi connectivity index (χ0n) is 11.5. The summed E-state index contributed by atoms with van der Waals surface area (Å²) in [6, 6.07) is 7.12. The largest absolute Gasteiger partial charge is 0.480 e. The van der Waals surface area contributed by atoms with Crippen molar-refractivity contribution in [1.29, 1.82) is 0 Å². The highest BCUT2D eigenvalue weighted by Gasteiger charge is 2.20. The van der Waals surface area contributed by atoms with Gasteiger partial charge in [0, 0.05) is 17.6 Å². The van der Waals surface area contributed by atoms with Crippen LogP contribution in [-0.4, -0.2) is 39.8 Å². The third kappa shape index (κ3) is 2.58. The maximum Gasteiger partial charge on any atom is 0.323 e. The van der Waals surface area contributed by atoms with Gasteiger partial charge in [0.25, 0.3) is 5.71 Å². The van der Waals surface area contributed by atoms with Crippen LogP contribution in [0.1, 0.15) is 0 Å². The molecule has 0 bridgehead atoms. The van der Waals surface area contributed by atoms with Crippen LogP contribution in [0.4, 0.5) is 5.82 Å². The van der Waals surface area contributed by atoms with E-state index in [1.165, 1.54) is 11.2 Å². The zero-order valence-corrected chi connectivity index (χ0v) is 12.3. The van der Waals surface area contributed by atoms with E-state index in [-0.39, 0.29) is 12.3 Å². The molecule has 0 aliphatic rings. The Labute approximate surface area is 130 Å². The second-order valence-electron chi connectivity index (χ2n) is 4.67. The van der Waals surface area contributed by atoms with Gasteiger partial charge in [0.15, 0.2) is 0 Å². The van der Waals surface area contributed by atoms with Crippen molar-refractivity contribution in [3.8, 4) is 11.3 Å². The highest BCUT2D eigenvalue weighted by molar-refractivity contribution is 6.30. The first-order valence-electron chi connectivity index (χ1n) is 6.35. The number of halogens is 1. The Bertz CT molecular complexity index is 849. The Hall–Kier alpha value is -2.67. The van der Waals surface area contributed by atoms with Crippen LogP contribution in [0, 0.1) is 0 Å². The third-order valence-electron chi connectivity index (χ3n) is 3.08. The lowest BCUT2D eigenvalue weighted by Crippen LogP contribution is -2.26. The second kappa shape index (κ2) is 5.61. The van der Waals surface area contributed by atoms with E-state index >= 15 is 0 Å². The van der Waals surface area contributed by atoms with E-state index in [4.69, 9.17) is 21.2 Å². The SMILES string of the molecule is CN(CC(=O)O)c1ncnc2onc(-c3cccc(Cl)c3)c12. The van der Waals surface area contributed by atoms with Crippen molar-refractivity contribution >= 4 is 34.5 Å². The Morgan fingerprint density at radius 3 is 2.95 bits per heavy atom. The van der Waals surface area contributed by atoms with Gasteiger partial charge in [-0.05, 0) is 12.1 Å². The van der Waals surface area contributed by atoms with E-state index in [0.29, 0.717) is 21.9 Å². The Kier molecular flexibility index (Phi) is 3.64. The van der Waals surface area contributed by atoms with Gasteiger partial charge >= 0.3 is 5.97 Å². The number of aromatic nitrogens is 3. The molecule has 8 heteroatoms. The molecule has 0 spiro atoms. The Balaban J connectivity index is 2.18. The zero-order chi connectivity index (χ0) is 15.7. The smallest absolute Gasteiger partial charge is 0.323 e. The predicted octanol–water partition coefficient (Wildman–Crippen LogP) is 2.46. The molecular formula is C14H11ClN4O3. The van der Waals surface area contributed by atoms with Gasteiger partial charge in [-0.1, -0.05) is 28.9 Å². The topological polar surface area (TPSA) is 92.4 Å². The molecule has 0 fully saturated rings. The van der Waals surface area contributed by atoms with Crippen LogP contribution in [0.2, 0.25) is 5.02 Å². The lowest BCUT2D eigenvalue weighted by atomic mass is 10.1. The van der Waals surface area contributed by atoms with Crippen LogP contribution in [0.3, 0.4) is 0 Å². The molecule has 0 saturated carbocycles. The van der Waals surface area contributed by atoms with E-state index in [2.05, 4.69) is 15.1 Å². The molecule has 0 aliphatic carbocycles. The summed E-state index contributed by atoms with van der Waals surface area (Å²) in [5, 5.41) is 14.1. The highest BCUT2D eigenvalue weighted by atomic mass is 35.5. The first kappa shape index (κ1) is 14.3. The van der Waals surface area contributed by atoms with Crippen LogP contribution < -0.4 is 4.90 Å². The number of anilines is 1. The minimum atomic E-state index is -0.963. The predicted molar refractivity (Wildman–Crippen MR) is 81.0 cm³/mol. The molecule has 2 aromatic heterocycles. The Morgan fingerprint density at radius 2 is 2.23 bits per heavy atom. The van der Waals surface area contributed by atoms with Gasteiger partial charge in [-0.25, -0.2) is 4.98 Å². The van der Waals surface area contributed by atoms with Crippen molar-refractivity contribution < 1.29 is 14.4 Å². The number of carboxylic acids is 1. The fourth-order valence-electron chi connectivity index (χ4n) is 2.17. The third-order valence-corrected chi connectivity index (χ3v) is 3.32. The summed E-state index contributed by atoms with van der Waals surface area (Å²) in [7, 11) is 1.63. The molecule has 1 N–H and O–H groups in total. The van der Waals surface area contributed by atoms with Crippen molar-refractivity contribution in [3.05, 3.63) is 35.6 Å². The molecule has 0 amide bonds. The van der Waals surface area contributed by atoms with Crippen LogP contribution in [0.15, 0.2) is 35.1 Å². The standard InChI is InChI=1S/C14H11ClN4O3/c1-19(6-10(20)21)13-11-12(8-3-2-4-9(15)5-8)18-22-14(11)17-7-16-13/h2-5,7H,6H2,1H3,(H,20,21). The number of aliphatic carboxylic acids is 1. The fraction of sp³-hybridized carbons (Fsp3) is 0.143. The number of carboxylic acid groups (broad SMARTS) is 1. The summed E-state index contributed by atoms with van der Waals surface area (Å²) in [5.74, 6) is -0.529. The van der Waals surface area contributed by atoms with E-state index in [0.717, 1.165) is 5.56 Å². The summed E-state index contributed by atoms with van der Waals surface area (Å²) in [6.45, 7) is -0.202. The number of benzene rings is 1. The molecule has 0 radical (unpaired) electrons. The van der Waals surface area contributed by atoms with E-state index in [1.807, 2.05) is 6.07 Å². The Morgan fingerprint density at radius 1 is 1.41 bits per heavy atom. The van der Waals surface area contributed by atoms with Gasteiger partial charge in [-0.2, -0.15) is 4.98 Å². The van der Waals surface area contributed by atoms with Gasteiger partial charge < -0.3 is 14.5 Å². The summed E-state index contributed by atoms with van der Waals surface area (Å²) in [4.78, 5) is 20.6. The fourth-order valence-corrected chi connectivity index (χ4v) is 2.36. The molecule has 0 unspecified atom stereocenters. The molecule has 1 aromatic carbocycles. The minimum Gasteiger partial charge on any atom is -0.480 e. The van der Waals surface area contributed by atoms with E-state index in [1.54, 1.807) is 25.2 Å². The average molecular weight is 319 g/mol. The van der Waals surface area contributed by atoms with Gasteiger partial charge in [-0.3, -0.25) is 4.79 Å². The summed E-state index contributed by atoms with van der Waals surface area (Å²) in [5.41, 5.74) is 1.55. The van der Waals surface area contributed by atoms with Crippen molar-refractivity contribution in [2.24, 2.45) is 0 Å². The van der Waals surface area contributed by atoms with Gasteiger partial charge in [-0.15, -0.1) is 0 Å². The van der Waals surface area contributed by atoms with Crippen LogP contribution in [0.5, 0.6) is 0 Å². The molecule has 3 rings (SSSR count). The molecule has 112 valence electrons. The number of carbonyl (C=O) groups is 1. The number of rotatable bonds is 4. The second-order valence-corrected chi connectivity index (χ2v) is 5.11. The molecular weight excluding hydrogens is 308 g/mol. The molecule has 2 heterocycles. The van der Waals surface area contributed by atoms with Crippen molar-refractivity contribution in [3.63, 3.8) is 0 Å². The lowest BCUT2D eigenvalue weighted by molar-refractivity contribution is -0.135.